The molecule has 0 radical (unpaired) electrons. The van der Waals surface area contributed by atoms with Crippen molar-refractivity contribution in [2.45, 2.75) is 66.3 Å². The first-order chi connectivity index (χ1) is 21.5. The smallest absolute Gasteiger partial charge is 0.678 e. The zero-order chi connectivity index (χ0) is 32.3. The van der Waals surface area contributed by atoms with Gasteiger partial charge < -0.3 is 30.1 Å². The van der Waals surface area contributed by atoms with E-state index in [2.05, 4.69) is 27.4 Å². The molecule has 3 aliphatic heterocycles. The Morgan fingerprint density at radius 1 is 1.07 bits per heavy atom. The van der Waals surface area contributed by atoms with Crippen molar-refractivity contribution in [2.75, 3.05) is 14.2 Å². The van der Waals surface area contributed by atoms with E-state index in [0.717, 1.165) is 45.9 Å². The number of hydrogen-bond donors (Lipinski definition) is 0. The van der Waals surface area contributed by atoms with Crippen molar-refractivity contribution in [3.05, 3.63) is 90.5 Å². The normalized spacial score (nSPS) is 26.8. The second-order valence-corrected chi connectivity index (χ2v) is 12.2. The van der Waals surface area contributed by atoms with Crippen molar-refractivity contribution in [3.8, 4) is 0 Å². The van der Waals surface area contributed by atoms with Crippen LogP contribution >= 0.6 is 0 Å². The zero-order valence-corrected chi connectivity index (χ0v) is 29.0. The second kappa shape index (κ2) is 12.8. The molecule has 1 unspecified atom stereocenters. The summed E-state index contributed by atoms with van der Waals surface area (Å²) < 4.78 is 10.1. The average molecular weight is 631 g/mol. The Balaban J connectivity index is 0.00000417. The molecule has 46 heavy (non-hydrogen) atoms. The van der Waals surface area contributed by atoms with E-state index < -0.39 is 11.9 Å². The average Bonchev–Trinajstić information content (AvgIpc) is 3.76. The van der Waals surface area contributed by atoms with Gasteiger partial charge in [-0.2, -0.15) is 17.1 Å². The molecule has 10 heteroatoms. The van der Waals surface area contributed by atoms with Crippen LogP contribution in [0.15, 0.2) is 34.8 Å². The van der Waals surface area contributed by atoms with E-state index in [4.69, 9.17) is 30.1 Å². The molecule has 2 aromatic heterocycles. The summed E-state index contributed by atoms with van der Waals surface area (Å²) in [6, 6.07) is -0.0834. The number of rotatable bonds is 6. The van der Waals surface area contributed by atoms with Crippen LogP contribution in [0.3, 0.4) is 0 Å². The molecule has 4 atom stereocenters. The topological polar surface area (TPSA) is 126 Å². The van der Waals surface area contributed by atoms with E-state index in [-0.39, 0.29) is 59.1 Å². The Kier molecular flexibility index (Phi) is 9.34. The van der Waals surface area contributed by atoms with Crippen LogP contribution in [0.5, 0.6) is 0 Å². The van der Waals surface area contributed by atoms with Crippen LogP contribution in [0.2, 0.25) is 0 Å². The van der Waals surface area contributed by atoms with E-state index in [9.17, 15) is 14.4 Å². The third kappa shape index (κ3) is 5.19. The number of Topliss-reactive ketones (excluding diaryl/α,β-unsaturated/α-hetero) is 1. The quantitative estimate of drug-likeness (QED) is 0.212. The molecule has 0 saturated carbocycles. The van der Waals surface area contributed by atoms with Crippen molar-refractivity contribution in [1.29, 1.82) is 0 Å². The SMILES string of the molecule is C=Cc1c2[n-]c(c1C)/C=C1\[N-]/C(=C3\c4[n-]c(c(C)c4C(=O)[C@@H]3C(=O)OC)/C=C3\[N-]C(C2)C(C)=C3CC)[C@@H](CCC(=O)OC)[C@@H]1C.[Mg+2]. The van der Waals surface area contributed by atoms with E-state index in [1.54, 1.807) is 0 Å². The Hall–Kier alpha value is -3.76. The molecule has 1 saturated heterocycles. The summed E-state index contributed by atoms with van der Waals surface area (Å²) in [5.41, 5.74) is 10.9. The molecule has 236 valence electrons. The summed E-state index contributed by atoms with van der Waals surface area (Å²) in [7, 11) is 2.64. The molecule has 6 rings (SSSR count). The van der Waals surface area contributed by atoms with Crippen molar-refractivity contribution < 1.29 is 23.9 Å². The fourth-order valence-electron chi connectivity index (χ4n) is 7.37. The maximum Gasteiger partial charge on any atom is 2.00 e. The number of ketones is 1. The van der Waals surface area contributed by atoms with Crippen molar-refractivity contribution in [2.24, 2.45) is 17.8 Å². The number of esters is 2. The fourth-order valence-corrected chi connectivity index (χ4v) is 7.37. The number of aromatic nitrogens is 2. The maximum absolute atomic E-state index is 14.0. The monoisotopic (exact) mass is 630 g/mol. The summed E-state index contributed by atoms with van der Waals surface area (Å²) in [6.07, 6.45) is 7.81. The molecule has 4 aliphatic rings. The van der Waals surface area contributed by atoms with Gasteiger partial charge in [0.15, 0.2) is 5.78 Å². The van der Waals surface area contributed by atoms with Crippen LogP contribution in [0.4, 0.5) is 0 Å². The summed E-state index contributed by atoms with van der Waals surface area (Å²) in [5, 5.41) is 10.3. The molecule has 8 bridgehead atoms. The van der Waals surface area contributed by atoms with Crippen molar-refractivity contribution in [3.63, 3.8) is 0 Å². The van der Waals surface area contributed by atoms with Crippen LogP contribution in [0.25, 0.3) is 34.4 Å². The Bertz CT molecular complexity index is 1780. The van der Waals surface area contributed by atoms with Crippen molar-refractivity contribution in [1.82, 2.24) is 9.97 Å². The summed E-state index contributed by atoms with van der Waals surface area (Å²) in [5.74, 6) is -2.95. The van der Waals surface area contributed by atoms with Gasteiger partial charge in [-0.3, -0.25) is 14.4 Å². The predicted octanol–water partition coefficient (Wildman–Crippen LogP) is 6.19. The first kappa shape index (κ1) is 33.6. The molecule has 1 aliphatic carbocycles. The minimum atomic E-state index is -1.19. The molecule has 0 spiro atoms. The van der Waals surface area contributed by atoms with E-state index in [0.29, 0.717) is 46.6 Å². The van der Waals surface area contributed by atoms with Gasteiger partial charge >= 0.3 is 35.0 Å². The zero-order valence-electron chi connectivity index (χ0n) is 27.6. The van der Waals surface area contributed by atoms with Gasteiger partial charge in [-0.25, -0.2) is 0 Å². The van der Waals surface area contributed by atoms with Crippen LogP contribution in [0.1, 0.15) is 89.9 Å². The number of allylic oxidation sites excluding steroid dienone is 3. The Morgan fingerprint density at radius 3 is 2.43 bits per heavy atom. The molecule has 5 heterocycles. The third-order valence-corrected chi connectivity index (χ3v) is 9.99. The summed E-state index contributed by atoms with van der Waals surface area (Å²) in [4.78, 5) is 49.7. The number of methoxy groups -OCH3 is 2. The van der Waals surface area contributed by atoms with Gasteiger partial charge in [0.1, 0.15) is 5.92 Å². The molecular formula is C36H38MgN4O5-2. The largest absolute Gasteiger partial charge is 2.00 e. The van der Waals surface area contributed by atoms with Crippen LogP contribution in [-0.4, -0.2) is 61.0 Å². The second-order valence-electron chi connectivity index (χ2n) is 12.2. The predicted molar refractivity (Wildman–Crippen MR) is 179 cm³/mol. The third-order valence-electron chi connectivity index (χ3n) is 9.99. The minimum absolute atomic E-state index is 0. The fraction of sp³-hybridized carbons (Fsp3) is 0.417. The van der Waals surface area contributed by atoms with Gasteiger partial charge in [-0.1, -0.05) is 79.0 Å². The van der Waals surface area contributed by atoms with Gasteiger partial charge in [0.25, 0.3) is 0 Å². The number of nitrogens with zero attached hydrogens (tertiary/aromatic N) is 4. The molecule has 0 amide bonds. The number of carbonyl (C=O) groups excluding carboxylic acids is 3. The number of fused-ring (bicyclic) bond motifs is 7. The maximum atomic E-state index is 14.0. The van der Waals surface area contributed by atoms with E-state index in [1.165, 1.54) is 19.8 Å². The number of ether oxygens (including phenoxy) is 2. The van der Waals surface area contributed by atoms with Gasteiger partial charge in [-0.15, -0.1) is 22.8 Å². The Morgan fingerprint density at radius 2 is 1.78 bits per heavy atom. The number of carbonyl (C=O) groups is 3. The van der Waals surface area contributed by atoms with Crippen LogP contribution in [-0.2, 0) is 25.5 Å². The van der Waals surface area contributed by atoms with Crippen LogP contribution < -0.4 is 9.97 Å². The molecule has 1 fully saturated rings. The number of hydrogen-bond acceptors (Lipinski definition) is 5. The van der Waals surface area contributed by atoms with Gasteiger partial charge in [0, 0.05) is 12.0 Å². The van der Waals surface area contributed by atoms with E-state index >= 15 is 0 Å². The molecule has 0 N–H and O–H groups in total. The molecular weight excluding hydrogens is 593 g/mol. The molecule has 2 aromatic rings. The first-order valence-corrected chi connectivity index (χ1v) is 15.5. The van der Waals surface area contributed by atoms with Crippen molar-refractivity contribution >= 4 is 64.6 Å². The first-order valence-electron chi connectivity index (χ1n) is 15.5. The Labute approximate surface area is 286 Å². The van der Waals surface area contributed by atoms with E-state index in [1.807, 2.05) is 32.1 Å². The van der Waals surface area contributed by atoms with Crippen LogP contribution in [0, 0.1) is 31.6 Å². The molecule has 9 nitrogen and oxygen atoms in total. The van der Waals surface area contributed by atoms with Gasteiger partial charge in [-0.05, 0) is 51.0 Å². The van der Waals surface area contributed by atoms with Gasteiger partial charge in [0.05, 0.1) is 14.2 Å². The minimum Gasteiger partial charge on any atom is -0.678 e. The summed E-state index contributed by atoms with van der Waals surface area (Å²) >= 11 is 0. The molecule has 0 aromatic carbocycles. The summed E-state index contributed by atoms with van der Waals surface area (Å²) in [6.45, 7) is 14.3. The van der Waals surface area contributed by atoms with Gasteiger partial charge in [0.2, 0.25) is 0 Å². The standard InChI is InChI=1S/C36H39N4O5.Mg/c1-9-20-16(3)23-13-25-18(5)22(11-12-29(41)44-7)33(39-25)31-32(36(43)45-8)35(42)30-19(6)26(40-34(30)31)15-28-21(10-2)17(4)24(38-28)14-27(20)37-23;/h9,13,15,18,22,24,32H,1,10-12,14H2,2-8H3,(H-,39,40,42);/q-3;+2/p-1/b25-13-,28-15-;/t18-,22-,24?,32+;/m0./s1.